The molecule has 0 radical (unpaired) electrons. The second-order valence-corrected chi connectivity index (χ2v) is 6.23. The van der Waals surface area contributed by atoms with Gasteiger partial charge in [-0.3, -0.25) is 9.59 Å². The molecular weight excluding hydrogens is 306 g/mol. The number of carbonyl (C=O) groups is 1. The van der Waals surface area contributed by atoms with Crippen molar-refractivity contribution in [2.45, 2.75) is 18.8 Å². The lowest BCUT2D eigenvalue weighted by Gasteiger charge is -2.32. The number of nitrogens with zero attached hydrogens (tertiary/aromatic N) is 4. The number of rotatable bonds is 3. The first-order valence-corrected chi connectivity index (χ1v) is 8.02. The number of carbonyl (C=O) groups excluding carboxylic acids is 1. The van der Waals surface area contributed by atoms with Gasteiger partial charge in [0, 0.05) is 45.4 Å². The minimum absolute atomic E-state index is 0.0256. The van der Waals surface area contributed by atoms with E-state index in [1.807, 2.05) is 30.0 Å². The number of hydrogen-bond donors (Lipinski definition) is 1. The summed E-state index contributed by atoms with van der Waals surface area (Å²) in [4.78, 5) is 39.0. The molecule has 1 N–H and O–H groups in total. The molecule has 0 bridgehead atoms. The van der Waals surface area contributed by atoms with Crippen LogP contribution in [-0.2, 0) is 0 Å². The van der Waals surface area contributed by atoms with E-state index in [0.29, 0.717) is 18.7 Å². The number of aromatic nitrogens is 3. The fourth-order valence-electron chi connectivity index (χ4n) is 2.97. The fraction of sp³-hybridized carbons (Fsp3) is 0.412. The van der Waals surface area contributed by atoms with Crippen LogP contribution in [0.15, 0.2) is 35.5 Å². The quantitative estimate of drug-likeness (QED) is 0.917. The van der Waals surface area contributed by atoms with Crippen LogP contribution >= 0.6 is 0 Å². The minimum atomic E-state index is -0.160. The molecule has 126 valence electrons. The second kappa shape index (κ2) is 6.82. The first kappa shape index (κ1) is 16.2. The van der Waals surface area contributed by atoms with E-state index in [-0.39, 0.29) is 17.4 Å². The third kappa shape index (κ3) is 3.45. The Labute approximate surface area is 140 Å². The molecule has 1 saturated heterocycles. The summed E-state index contributed by atoms with van der Waals surface area (Å²) in [6.45, 7) is 1.29. The van der Waals surface area contributed by atoms with E-state index in [1.165, 1.54) is 12.4 Å². The number of aromatic amines is 1. The molecule has 1 aliphatic heterocycles. The SMILES string of the molecule is CN(C)c1ccc(C(=O)N2CCCC(c3cc(=O)[nH]cn3)C2)cn1. The first-order valence-electron chi connectivity index (χ1n) is 8.02. The first-order chi connectivity index (χ1) is 11.5. The Bertz CT molecular complexity index is 769. The zero-order valence-corrected chi connectivity index (χ0v) is 13.9. The van der Waals surface area contributed by atoms with Crippen molar-refractivity contribution in [1.82, 2.24) is 19.9 Å². The third-order valence-electron chi connectivity index (χ3n) is 4.28. The molecule has 1 unspecified atom stereocenters. The van der Waals surface area contributed by atoms with Crippen molar-refractivity contribution in [1.29, 1.82) is 0 Å². The number of hydrogen-bond acceptors (Lipinski definition) is 5. The van der Waals surface area contributed by atoms with Crippen LogP contribution in [0.1, 0.15) is 34.8 Å². The lowest BCUT2D eigenvalue weighted by atomic mass is 9.94. The van der Waals surface area contributed by atoms with Crippen LogP contribution in [0, 0.1) is 0 Å². The number of piperidine rings is 1. The Morgan fingerprint density at radius 2 is 2.17 bits per heavy atom. The van der Waals surface area contributed by atoms with Crippen molar-refractivity contribution >= 4 is 11.7 Å². The molecular formula is C17H21N5O2. The van der Waals surface area contributed by atoms with Crippen molar-refractivity contribution < 1.29 is 4.79 Å². The summed E-state index contributed by atoms with van der Waals surface area (Å²) in [5.74, 6) is 0.886. The Morgan fingerprint density at radius 3 is 2.83 bits per heavy atom. The summed E-state index contributed by atoms with van der Waals surface area (Å²) < 4.78 is 0. The van der Waals surface area contributed by atoms with E-state index in [0.717, 1.165) is 24.4 Å². The summed E-state index contributed by atoms with van der Waals surface area (Å²) >= 11 is 0. The predicted molar refractivity (Wildman–Crippen MR) is 91.3 cm³/mol. The van der Waals surface area contributed by atoms with Gasteiger partial charge in [0.2, 0.25) is 0 Å². The average Bonchev–Trinajstić information content (AvgIpc) is 2.61. The summed E-state index contributed by atoms with van der Waals surface area (Å²) in [6, 6.07) is 5.17. The highest BCUT2D eigenvalue weighted by Crippen LogP contribution is 2.25. The van der Waals surface area contributed by atoms with Gasteiger partial charge in [0.1, 0.15) is 5.82 Å². The molecule has 0 spiro atoms. The van der Waals surface area contributed by atoms with Crippen molar-refractivity contribution in [2.24, 2.45) is 0 Å². The molecule has 7 heteroatoms. The summed E-state index contributed by atoms with van der Waals surface area (Å²) in [5, 5.41) is 0. The maximum absolute atomic E-state index is 12.7. The molecule has 7 nitrogen and oxygen atoms in total. The van der Waals surface area contributed by atoms with Gasteiger partial charge in [-0.1, -0.05) is 0 Å². The molecule has 1 amide bonds. The minimum Gasteiger partial charge on any atom is -0.363 e. The normalized spacial score (nSPS) is 17.6. The van der Waals surface area contributed by atoms with E-state index >= 15 is 0 Å². The van der Waals surface area contributed by atoms with Gasteiger partial charge < -0.3 is 14.8 Å². The molecule has 1 aliphatic rings. The van der Waals surface area contributed by atoms with E-state index < -0.39 is 0 Å². The Balaban J connectivity index is 1.74. The Morgan fingerprint density at radius 1 is 1.33 bits per heavy atom. The maximum Gasteiger partial charge on any atom is 0.255 e. The van der Waals surface area contributed by atoms with E-state index in [2.05, 4.69) is 15.0 Å². The van der Waals surface area contributed by atoms with Gasteiger partial charge in [-0.2, -0.15) is 0 Å². The lowest BCUT2D eigenvalue weighted by molar-refractivity contribution is 0.0705. The predicted octanol–water partition coefficient (Wildman–Crippen LogP) is 1.25. The number of pyridine rings is 1. The van der Waals surface area contributed by atoms with Crippen LogP contribution in [0.3, 0.4) is 0 Å². The molecule has 2 aromatic heterocycles. The second-order valence-electron chi connectivity index (χ2n) is 6.23. The molecule has 1 atom stereocenters. The lowest BCUT2D eigenvalue weighted by Crippen LogP contribution is -2.39. The van der Waals surface area contributed by atoms with Crippen LogP contribution < -0.4 is 10.5 Å². The topological polar surface area (TPSA) is 82.2 Å². The largest absolute Gasteiger partial charge is 0.363 e. The van der Waals surface area contributed by atoms with Gasteiger partial charge >= 0.3 is 0 Å². The fourth-order valence-corrected chi connectivity index (χ4v) is 2.97. The smallest absolute Gasteiger partial charge is 0.255 e. The molecule has 1 fully saturated rings. The number of anilines is 1. The third-order valence-corrected chi connectivity index (χ3v) is 4.28. The monoisotopic (exact) mass is 327 g/mol. The zero-order valence-electron chi connectivity index (χ0n) is 13.9. The van der Waals surface area contributed by atoms with Gasteiger partial charge in [-0.25, -0.2) is 9.97 Å². The van der Waals surface area contributed by atoms with Crippen molar-refractivity contribution in [3.05, 3.63) is 52.3 Å². The van der Waals surface area contributed by atoms with Crippen molar-refractivity contribution in [2.75, 3.05) is 32.1 Å². The summed E-state index contributed by atoms with van der Waals surface area (Å²) in [5.41, 5.74) is 1.17. The molecule has 0 aromatic carbocycles. The van der Waals surface area contributed by atoms with E-state index in [4.69, 9.17) is 0 Å². The van der Waals surface area contributed by atoms with E-state index in [9.17, 15) is 9.59 Å². The van der Waals surface area contributed by atoms with Crippen molar-refractivity contribution in [3.8, 4) is 0 Å². The average molecular weight is 327 g/mol. The van der Waals surface area contributed by atoms with Crippen LogP contribution in [0.5, 0.6) is 0 Å². The highest BCUT2D eigenvalue weighted by Gasteiger charge is 2.26. The molecule has 0 saturated carbocycles. The van der Waals surface area contributed by atoms with Crippen LogP contribution in [-0.4, -0.2) is 52.9 Å². The Hall–Kier alpha value is -2.70. The van der Waals surface area contributed by atoms with Crippen molar-refractivity contribution in [3.63, 3.8) is 0 Å². The molecule has 3 rings (SSSR count). The molecule has 24 heavy (non-hydrogen) atoms. The number of H-pyrrole nitrogens is 1. The highest BCUT2D eigenvalue weighted by atomic mass is 16.2. The molecule has 0 aliphatic carbocycles. The standard InChI is InChI=1S/C17H21N5O2/c1-21(2)15-6-5-12(9-18-15)17(24)22-7-3-4-13(10-22)14-8-16(23)20-11-19-14/h5-6,8-9,11,13H,3-4,7,10H2,1-2H3,(H,19,20,23). The van der Waals surface area contributed by atoms with Gasteiger partial charge in [-0.05, 0) is 25.0 Å². The highest BCUT2D eigenvalue weighted by molar-refractivity contribution is 5.94. The van der Waals surface area contributed by atoms with Gasteiger partial charge in [0.15, 0.2) is 0 Å². The van der Waals surface area contributed by atoms with Crippen LogP contribution in [0.25, 0.3) is 0 Å². The van der Waals surface area contributed by atoms with E-state index in [1.54, 1.807) is 12.3 Å². The van der Waals surface area contributed by atoms with Gasteiger partial charge in [-0.15, -0.1) is 0 Å². The van der Waals surface area contributed by atoms with Gasteiger partial charge in [0.25, 0.3) is 11.5 Å². The number of amides is 1. The zero-order chi connectivity index (χ0) is 17.1. The van der Waals surface area contributed by atoms with Crippen LogP contribution in [0.4, 0.5) is 5.82 Å². The maximum atomic E-state index is 12.7. The van der Waals surface area contributed by atoms with Gasteiger partial charge in [0.05, 0.1) is 17.6 Å². The Kier molecular flexibility index (Phi) is 4.59. The molecule has 3 heterocycles. The number of nitrogens with one attached hydrogen (secondary N) is 1. The summed E-state index contributed by atoms with van der Waals surface area (Å²) in [7, 11) is 3.82. The molecule has 2 aromatic rings. The summed E-state index contributed by atoms with van der Waals surface area (Å²) in [6.07, 6.45) is 4.86. The van der Waals surface area contributed by atoms with Crippen LogP contribution in [0.2, 0.25) is 0 Å². The number of likely N-dealkylation sites (tertiary alicyclic amines) is 1.